The van der Waals surface area contributed by atoms with Crippen LogP contribution >= 0.6 is 11.6 Å². The Kier molecular flexibility index (Phi) is 5.93. The maximum Gasteiger partial charge on any atom is 0.227 e. The maximum absolute atomic E-state index is 14.1. The van der Waals surface area contributed by atoms with Gasteiger partial charge in [0.25, 0.3) is 0 Å². The van der Waals surface area contributed by atoms with E-state index in [-0.39, 0.29) is 23.6 Å². The van der Waals surface area contributed by atoms with Gasteiger partial charge in [0.1, 0.15) is 10.8 Å². The van der Waals surface area contributed by atoms with Crippen LogP contribution in [0.2, 0.25) is 5.02 Å². The van der Waals surface area contributed by atoms with E-state index in [1.807, 2.05) is 27.7 Å². The van der Waals surface area contributed by atoms with Crippen molar-refractivity contribution < 1.29 is 13.6 Å². The van der Waals surface area contributed by atoms with Crippen LogP contribution in [0.25, 0.3) is 0 Å². The van der Waals surface area contributed by atoms with E-state index in [2.05, 4.69) is 0 Å². The average molecular weight is 304 g/mol. The molecule has 20 heavy (non-hydrogen) atoms. The lowest BCUT2D eigenvalue weighted by molar-refractivity contribution is -0.119. The Morgan fingerprint density at radius 3 is 2.40 bits per heavy atom. The van der Waals surface area contributed by atoms with Crippen molar-refractivity contribution in [3.63, 3.8) is 0 Å². The molecule has 1 unspecified atom stereocenters. The molecule has 0 aromatic heterocycles. The fourth-order valence-electron chi connectivity index (χ4n) is 1.95. The van der Waals surface area contributed by atoms with Crippen LogP contribution in [-0.4, -0.2) is 11.9 Å². The van der Waals surface area contributed by atoms with E-state index in [1.165, 1.54) is 11.0 Å². The number of nitrogens with zero attached hydrogens (tertiary/aromatic N) is 1. The van der Waals surface area contributed by atoms with E-state index in [4.69, 9.17) is 11.6 Å². The summed E-state index contributed by atoms with van der Waals surface area (Å²) in [6.45, 7) is 7.57. The van der Waals surface area contributed by atoms with Gasteiger partial charge in [-0.25, -0.2) is 8.78 Å². The summed E-state index contributed by atoms with van der Waals surface area (Å²) in [6, 6.07) is 2.16. The fraction of sp³-hybridized carbons (Fsp3) is 0.533. The molecule has 1 amide bonds. The summed E-state index contributed by atoms with van der Waals surface area (Å²) >= 11 is 5.60. The van der Waals surface area contributed by atoms with Crippen LogP contribution in [0, 0.1) is 17.6 Å². The highest BCUT2D eigenvalue weighted by Gasteiger charge is 2.26. The van der Waals surface area contributed by atoms with Gasteiger partial charge in [0.2, 0.25) is 5.91 Å². The monoisotopic (exact) mass is 303 g/mol. The Morgan fingerprint density at radius 2 is 1.90 bits per heavy atom. The summed E-state index contributed by atoms with van der Waals surface area (Å²) in [6.07, 6.45) is 0.969. The summed E-state index contributed by atoms with van der Waals surface area (Å²) in [5, 5.41) is -0.576. The van der Waals surface area contributed by atoms with E-state index >= 15 is 0 Å². The van der Waals surface area contributed by atoms with E-state index < -0.39 is 16.7 Å². The second kappa shape index (κ2) is 7.02. The molecule has 5 heteroatoms. The van der Waals surface area contributed by atoms with Gasteiger partial charge >= 0.3 is 0 Å². The molecule has 0 radical (unpaired) electrons. The Bertz CT molecular complexity index is 491. The lowest BCUT2D eigenvalue weighted by atomic mass is 10.1. The van der Waals surface area contributed by atoms with Crippen molar-refractivity contribution >= 4 is 23.2 Å². The van der Waals surface area contributed by atoms with Gasteiger partial charge in [0.15, 0.2) is 5.82 Å². The third kappa shape index (κ3) is 3.69. The number of rotatable bonds is 5. The first kappa shape index (κ1) is 16.9. The van der Waals surface area contributed by atoms with Crippen molar-refractivity contribution in [1.82, 2.24) is 0 Å². The molecule has 1 aromatic rings. The van der Waals surface area contributed by atoms with Crippen LogP contribution in [-0.2, 0) is 4.79 Å². The van der Waals surface area contributed by atoms with Gasteiger partial charge in [-0.2, -0.15) is 0 Å². The van der Waals surface area contributed by atoms with Crippen LogP contribution in [0.15, 0.2) is 12.1 Å². The first-order valence-electron chi connectivity index (χ1n) is 6.75. The molecule has 2 nitrogen and oxygen atoms in total. The van der Waals surface area contributed by atoms with Crippen LogP contribution in [0.4, 0.5) is 14.5 Å². The molecular formula is C15H20ClF2NO. The van der Waals surface area contributed by atoms with Crippen LogP contribution in [0.1, 0.15) is 40.5 Å². The molecular weight excluding hydrogens is 284 g/mol. The molecule has 0 aliphatic rings. The van der Waals surface area contributed by atoms with Crippen molar-refractivity contribution in [2.45, 2.75) is 46.6 Å². The van der Waals surface area contributed by atoms with Gasteiger partial charge in [-0.1, -0.05) is 32.4 Å². The minimum Gasteiger partial charge on any atom is -0.307 e. The zero-order chi connectivity index (χ0) is 15.4. The molecule has 0 saturated carbocycles. The standard InChI is InChI=1S/C15H20ClF2NO/c1-5-10(4)19(13(20)8-9(2)3)12-7-6-11(17)14(16)15(12)18/h6-7,9-10H,5,8H2,1-4H3. The number of anilines is 1. The predicted octanol–water partition coefficient (Wildman–Crippen LogP) is 4.80. The molecule has 0 fully saturated rings. The number of carbonyl (C=O) groups excluding carboxylic acids is 1. The Hall–Kier alpha value is -1.16. The summed E-state index contributed by atoms with van der Waals surface area (Å²) < 4.78 is 27.4. The molecule has 0 saturated heterocycles. The second-order valence-electron chi connectivity index (χ2n) is 5.31. The highest BCUT2D eigenvalue weighted by Crippen LogP contribution is 2.30. The minimum absolute atomic E-state index is 0.0383. The third-order valence-electron chi connectivity index (χ3n) is 3.16. The van der Waals surface area contributed by atoms with E-state index in [9.17, 15) is 13.6 Å². The summed E-state index contributed by atoms with van der Waals surface area (Å²) in [5.41, 5.74) is 0.0383. The van der Waals surface area contributed by atoms with Gasteiger partial charge in [-0.15, -0.1) is 0 Å². The second-order valence-corrected chi connectivity index (χ2v) is 5.69. The van der Waals surface area contributed by atoms with Gasteiger partial charge < -0.3 is 4.90 Å². The van der Waals surface area contributed by atoms with Gasteiger partial charge in [-0.3, -0.25) is 4.79 Å². The molecule has 0 aliphatic carbocycles. The number of hydrogen-bond donors (Lipinski definition) is 0. The van der Waals surface area contributed by atoms with E-state index in [1.54, 1.807) is 0 Å². The molecule has 0 N–H and O–H groups in total. The normalized spacial score (nSPS) is 12.6. The van der Waals surface area contributed by atoms with Crippen LogP contribution in [0.5, 0.6) is 0 Å². The SMILES string of the molecule is CCC(C)N(C(=O)CC(C)C)c1ccc(F)c(Cl)c1F. The number of benzene rings is 1. The Morgan fingerprint density at radius 1 is 1.30 bits per heavy atom. The largest absolute Gasteiger partial charge is 0.307 e. The molecule has 0 aliphatic heterocycles. The predicted molar refractivity (Wildman–Crippen MR) is 78.1 cm³/mol. The first-order valence-corrected chi connectivity index (χ1v) is 7.12. The topological polar surface area (TPSA) is 20.3 Å². The van der Waals surface area contributed by atoms with Crippen LogP contribution < -0.4 is 4.90 Å². The molecule has 0 bridgehead atoms. The molecule has 1 aromatic carbocycles. The zero-order valence-electron chi connectivity index (χ0n) is 12.2. The smallest absolute Gasteiger partial charge is 0.227 e. The van der Waals surface area contributed by atoms with Crippen molar-refractivity contribution in [1.29, 1.82) is 0 Å². The van der Waals surface area contributed by atoms with Crippen molar-refractivity contribution in [2.75, 3.05) is 4.90 Å². The van der Waals surface area contributed by atoms with E-state index in [0.717, 1.165) is 6.07 Å². The number of amides is 1. The molecule has 0 spiro atoms. The lowest BCUT2D eigenvalue weighted by Gasteiger charge is -2.30. The van der Waals surface area contributed by atoms with Gasteiger partial charge in [0, 0.05) is 12.5 Å². The summed E-state index contributed by atoms with van der Waals surface area (Å²) in [4.78, 5) is 13.7. The number of carbonyl (C=O) groups is 1. The quantitative estimate of drug-likeness (QED) is 0.716. The number of hydrogen-bond acceptors (Lipinski definition) is 1. The third-order valence-corrected chi connectivity index (χ3v) is 3.50. The number of halogens is 3. The minimum atomic E-state index is -0.885. The zero-order valence-corrected chi connectivity index (χ0v) is 13.0. The molecule has 1 atom stereocenters. The molecule has 0 heterocycles. The Labute approximate surface area is 123 Å². The summed E-state index contributed by atoms with van der Waals surface area (Å²) in [5.74, 6) is -1.73. The highest BCUT2D eigenvalue weighted by atomic mass is 35.5. The van der Waals surface area contributed by atoms with Gasteiger partial charge in [0.05, 0.1) is 5.69 Å². The van der Waals surface area contributed by atoms with Crippen molar-refractivity contribution in [3.05, 3.63) is 28.8 Å². The maximum atomic E-state index is 14.1. The first-order chi connectivity index (χ1) is 9.29. The Balaban J connectivity index is 3.25. The van der Waals surface area contributed by atoms with Gasteiger partial charge in [-0.05, 0) is 31.4 Å². The molecule has 112 valence electrons. The average Bonchev–Trinajstić information content (AvgIpc) is 2.38. The van der Waals surface area contributed by atoms with Crippen molar-refractivity contribution in [2.24, 2.45) is 5.92 Å². The van der Waals surface area contributed by atoms with Crippen molar-refractivity contribution in [3.8, 4) is 0 Å². The highest BCUT2D eigenvalue weighted by molar-refractivity contribution is 6.31. The molecule has 1 rings (SSSR count). The summed E-state index contributed by atoms with van der Waals surface area (Å²) in [7, 11) is 0. The van der Waals surface area contributed by atoms with Crippen LogP contribution in [0.3, 0.4) is 0 Å². The lowest BCUT2D eigenvalue weighted by Crippen LogP contribution is -2.39. The van der Waals surface area contributed by atoms with E-state index in [0.29, 0.717) is 12.8 Å². The fourth-order valence-corrected chi connectivity index (χ4v) is 2.11.